The Hall–Kier alpha value is -1.99. The fourth-order valence-electron chi connectivity index (χ4n) is 4.49. The highest BCUT2D eigenvalue weighted by Gasteiger charge is 2.26. The second-order valence-corrected chi connectivity index (χ2v) is 9.18. The Morgan fingerprint density at radius 1 is 1.28 bits per heavy atom. The van der Waals surface area contributed by atoms with Gasteiger partial charge in [-0.2, -0.15) is 0 Å². The molecule has 6 nitrogen and oxygen atoms in total. The SMILES string of the molecule is O=C(C[C@@H]1CSC(c2cc3cccc(NC4CCCC4)c3[nH]2)=N1)N1CCOCC1. The van der Waals surface area contributed by atoms with Crippen LogP contribution in [0.2, 0.25) is 0 Å². The number of aromatic nitrogens is 1. The maximum absolute atomic E-state index is 12.5. The smallest absolute Gasteiger partial charge is 0.224 e. The topological polar surface area (TPSA) is 69.7 Å². The zero-order chi connectivity index (χ0) is 19.6. The van der Waals surface area contributed by atoms with Gasteiger partial charge in [-0.25, -0.2) is 0 Å². The van der Waals surface area contributed by atoms with Gasteiger partial charge in [0.15, 0.2) is 0 Å². The van der Waals surface area contributed by atoms with Crippen LogP contribution in [0.1, 0.15) is 37.8 Å². The number of aliphatic imine (C=N–C) groups is 1. The summed E-state index contributed by atoms with van der Waals surface area (Å²) >= 11 is 1.75. The standard InChI is InChI=1S/C22H28N4O2S/c27-20(26-8-10-28-11-9-26)13-17-14-29-22(24-17)19-12-15-4-3-7-18(21(15)25-19)23-16-5-1-2-6-16/h3-4,7,12,16-17,23,25H,1-2,5-6,8-11,13-14H2/t17-/m1/s1. The van der Waals surface area contributed by atoms with Crippen molar-refractivity contribution in [2.24, 2.45) is 4.99 Å². The fourth-order valence-corrected chi connectivity index (χ4v) is 5.52. The zero-order valence-corrected chi connectivity index (χ0v) is 17.5. The molecule has 1 aromatic heterocycles. The Bertz CT molecular complexity index is 913. The van der Waals surface area contributed by atoms with Crippen molar-refractivity contribution in [1.82, 2.24) is 9.88 Å². The summed E-state index contributed by atoms with van der Waals surface area (Å²) in [5.41, 5.74) is 3.40. The number of amides is 1. The van der Waals surface area contributed by atoms with Crippen LogP contribution in [0.15, 0.2) is 29.3 Å². The maximum atomic E-state index is 12.5. The van der Waals surface area contributed by atoms with Gasteiger partial charge >= 0.3 is 0 Å². The van der Waals surface area contributed by atoms with Gasteiger partial charge in [-0.1, -0.05) is 25.0 Å². The number of benzene rings is 1. The van der Waals surface area contributed by atoms with E-state index in [0.717, 1.165) is 22.0 Å². The number of morpholine rings is 1. The normalized spacial score (nSPS) is 23.0. The average molecular weight is 413 g/mol. The average Bonchev–Trinajstić information content (AvgIpc) is 3.49. The molecule has 154 valence electrons. The molecule has 3 aliphatic rings. The highest BCUT2D eigenvalue weighted by atomic mass is 32.2. The van der Waals surface area contributed by atoms with Gasteiger partial charge < -0.3 is 19.9 Å². The molecule has 29 heavy (non-hydrogen) atoms. The number of carbonyl (C=O) groups is 1. The van der Waals surface area contributed by atoms with E-state index in [9.17, 15) is 4.79 Å². The molecule has 3 heterocycles. The number of hydrogen-bond donors (Lipinski definition) is 2. The third-order valence-corrected chi connectivity index (χ3v) is 7.24. The van der Waals surface area contributed by atoms with Crippen LogP contribution in [0.3, 0.4) is 0 Å². The van der Waals surface area contributed by atoms with Gasteiger partial charge in [-0.15, -0.1) is 11.8 Å². The largest absolute Gasteiger partial charge is 0.381 e. The second kappa shape index (κ2) is 8.40. The molecule has 0 spiro atoms. The zero-order valence-electron chi connectivity index (χ0n) is 16.7. The molecular weight excluding hydrogens is 384 g/mol. The van der Waals surface area contributed by atoms with E-state index < -0.39 is 0 Å². The number of aromatic amines is 1. The van der Waals surface area contributed by atoms with Crippen LogP contribution in [0, 0.1) is 0 Å². The maximum Gasteiger partial charge on any atom is 0.224 e. The van der Waals surface area contributed by atoms with E-state index in [0.29, 0.717) is 38.8 Å². The summed E-state index contributed by atoms with van der Waals surface area (Å²) in [6.45, 7) is 2.69. The van der Waals surface area contributed by atoms with Gasteiger partial charge in [0.05, 0.1) is 42.6 Å². The summed E-state index contributed by atoms with van der Waals surface area (Å²) in [7, 11) is 0. The lowest BCUT2D eigenvalue weighted by Crippen LogP contribution is -2.41. The highest BCUT2D eigenvalue weighted by molar-refractivity contribution is 8.14. The molecule has 1 saturated heterocycles. The van der Waals surface area contributed by atoms with Crippen molar-refractivity contribution in [3.63, 3.8) is 0 Å². The van der Waals surface area contributed by atoms with Crippen LogP contribution in [0.4, 0.5) is 5.69 Å². The summed E-state index contributed by atoms with van der Waals surface area (Å²) < 4.78 is 5.34. The van der Waals surface area contributed by atoms with Crippen LogP contribution >= 0.6 is 11.8 Å². The van der Waals surface area contributed by atoms with Gasteiger partial charge in [-0.3, -0.25) is 9.79 Å². The molecule has 1 amide bonds. The lowest BCUT2D eigenvalue weighted by molar-refractivity contribution is -0.135. The first-order valence-corrected chi connectivity index (χ1v) is 11.7. The minimum absolute atomic E-state index is 0.0628. The van der Waals surface area contributed by atoms with E-state index in [1.54, 1.807) is 11.8 Å². The van der Waals surface area contributed by atoms with Gasteiger partial charge in [0.25, 0.3) is 0 Å². The van der Waals surface area contributed by atoms with E-state index in [4.69, 9.17) is 9.73 Å². The van der Waals surface area contributed by atoms with Crippen molar-refractivity contribution in [2.45, 2.75) is 44.2 Å². The third kappa shape index (κ3) is 4.16. The Kier molecular flexibility index (Phi) is 5.50. The summed E-state index contributed by atoms with van der Waals surface area (Å²) in [6.07, 6.45) is 5.64. The van der Waals surface area contributed by atoms with E-state index in [1.807, 2.05) is 4.90 Å². The lowest BCUT2D eigenvalue weighted by atomic mass is 10.2. The van der Waals surface area contributed by atoms with Crippen LogP contribution < -0.4 is 5.32 Å². The number of anilines is 1. The predicted octanol–water partition coefficient (Wildman–Crippen LogP) is 3.63. The first-order chi connectivity index (χ1) is 14.3. The van der Waals surface area contributed by atoms with Gasteiger partial charge in [0.2, 0.25) is 5.91 Å². The summed E-state index contributed by atoms with van der Waals surface area (Å²) in [6, 6.07) is 9.26. The predicted molar refractivity (Wildman–Crippen MR) is 119 cm³/mol. The quantitative estimate of drug-likeness (QED) is 0.787. The van der Waals surface area contributed by atoms with Crippen molar-refractivity contribution < 1.29 is 9.53 Å². The number of fused-ring (bicyclic) bond motifs is 1. The van der Waals surface area contributed by atoms with Crippen molar-refractivity contribution in [2.75, 3.05) is 37.4 Å². The lowest BCUT2D eigenvalue weighted by Gasteiger charge is -2.27. The number of H-pyrrole nitrogens is 1. The number of rotatable bonds is 5. The minimum Gasteiger partial charge on any atom is -0.381 e. The molecule has 1 aromatic carbocycles. The molecule has 0 radical (unpaired) electrons. The Morgan fingerprint density at radius 2 is 2.10 bits per heavy atom. The fraction of sp³-hybridized carbons (Fsp3) is 0.545. The highest BCUT2D eigenvalue weighted by Crippen LogP contribution is 2.31. The molecule has 2 aliphatic heterocycles. The van der Waals surface area contributed by atoms with Gasteiger partial charge in [0.1, 0.15) is 5.04 Å². The number of thioether (sulfide) groups is 1. The molecule has 0 unspecified atom stereocenters. The minimum atomic E-state index is 0.0628. The molecule has 2 N–H and O–H groups in total. The van der Waals surface area contributed by atoms with E-state index in [1.165, 1.54) is 36.8 Å². The van der Waals surface area contributed by atoms with Crippen LogP contribution in [0.25, 0.3) is 10.9 Å². The van der Waals surface area contributed by atoms with Crippen molar-refractivity contribution in [1.29, 1.82) is 0 Å². The molecule has 5 rings (SSSR count). The van der Waals surface area contributed by atoms with Crippen LogP contribution in [-0.2, 0) is 9.53 Å². The number of nitrogens with zero attached hydrogens (tertiary/aromatic N) is 2. The van der Waals surface area contributed by atoms with Crippen molar-refractivity contribution in [3.05, 3.63) is 30.0 Å². The van der Waals surface area contributed by atoms with E-state index in [2.05, 4.69) is 34.6 Å². The number of carbonyl (C=O) groups excluding carboxylic acids is 1. The molecule has 1 aliphatic carbocycles. The number of hydrogen-bond acceptors (Lipinski definition) is 5. The van der Waals surface area contributed by atoms with Crippen molar-refractivity contribution in [3.8, 4) is 0 Å². The molecule has 0 bridgehead atoms. The number of ether oxygens (including phenoxy) is 1. The third-order valence-electron chi connectivity index (χ3n) is 6.09. The van der Waals surface area contributed by atoms with Crippen LogP contribution in [-0.4, -0.2) is 65.0 Å². The summed E-state index contributed by atoms with van der Waals surface area (Å²) in [5.74, 6) is 1.07. The Labute approximate surface area is 175 Å². The summed E-state index contributed by atoms with van der Waals surface area (Å²) in [4.78, 5) is 22.9. The molecule has 2 fully saturated rings. The van der Waals surface area contributed by atoms with Crippen LogP contribution in [0.5, 0.6) is 0 Å². The molecule has 1 atom stereocenters. The van der Waals surface area contributed by atoms with E-state index in [-0.39, 0.29) is 11.9 Å². The van der Waals surface area contributed by atoms with Gasteiger partial charge in [0, 0.05) is 30.3 Å². The molecule has 7 heteroatoms. The monoisotopic (exact) mass is 412 g/mol. The summed E-state index contributed by atoms with van der Waals surface area (Å²) in [5, 5.41) is 5.95. The first-order valence-electron chi connectivity index (χ1n) is 10.7. The van der Waals surface area contributed by atoms with Crippen molar-refractivity contribution >= 4 is 39.3 Å². The number of para-hydroxylation sites is 1. The second-order valence-electron chi connectivity index (χ2n) is 8.17. The number of nitrogens with one attached hydrogen (secondary N) is 2. The Morgan fingerprint density at radius 3 is 2.93 bits per heavy atom. The molecular formula is C22H28N4O2S. The van der Waals surface area contributed by atoms with Gasteiger partial charge in [-0.05, 0) is 25.0 Å². The molecule has 2 aromatic rings. The Balaban J connectivity index is 1.30. The first kappa shape index (κ1) is 19.0. The molecule has 1 saturated carbocycles. The van der Waals surface area contributed by atoms with E-state index >= 15 is 0 Å².